The van der Waals surface area contributed by atoms with Gasteiger partial charge < -0.3 is 19.1 Å². The highest BCUT2D eigenvalue weighted by molar-refractivity contribution is 6.02. The number of halogens is 1. The largest absolute Gasteiger partial charge is 0.486 e. The van der Waals surface area contributed by atoms with Gasteiger partial charge in [-0.15, -0.1) is 0 Å². The molecule has 1 amide bonds. The molecule has 0 bridgehead atoms. The number of benzene rings is 2. The van der Waals surface area contributed by atoms with Crippen LogP contribution in [0.3, 0.4) is 0 Å². The maximum absolute atomic E-state index is 13.7. The van der Waals surface area contributed by atoms with Crippen molar-refractivity contribution in [1.82, 2.24) is 4.98 Å². The highest BCUT2D eigenvalue weighted by Crippen LogP contribution is 2.52. The zero-order chi connectivity index (χ0) is 21.7. The summed E-state index contributed by atoms with van der Waals surface area (Å²) in [6, 6.07) is 15.3. The zero-order valence-corrected chi connectivity index (χ0v) is 17.3. The number of anilines is 1. The van der Waals surface area contributed by atoms with Gasteiger partial charge in [0.05, 0.1) is 24.8 Å². The number of alkyl halides is 1. The summed E-state index contributed by atoms with van der Waals surface area (Å²) in [6.45, 7) is 0.771. The third-order valence-corrected chi connectivity index (χ3v) is 6.29. The van der Waals surface area contributed by atoms with Crippen molar-refractivity contribution < 1.29 is 23.4 Å². The van der Waals surface area contributed by atoms with Gasteiger partial charge in [-0.2, -0.15) is 0 Å². The SMILES string of the molecule is O=C1C2Oc3cc4c(cc3C2c2ccccc2N1Cc1ncccc1CCF)OCCO4. The zero-order valence-electron chi connectivity index (χ0n) is 17.3. The number of aromatic nitrogens is 1. The molecule has 0 spiro atoms. The number of pyridine rings is 1. The quantitative estimate of drug-likeness (QED) is 0.628. The predicted molar refractivity (Wildman–Crippen MR) is 115 cm³/mol. The second kappa shape index (κ2) is 7.51. The highest BCUT2D eigenvalue weighted by Gasteiger charge is 2.48. The van der Waals surface area contributed by atoms with Crippen LogP contribution in [0.5, 0.6) is 17.2 Å². The first-order chi connectivity index (χ1) is 15.7. The van der Waals surface area contributed by atoms with Gasteiger partial charge in [0.1, 0.15) is 19.0 Å². The molecule has 6 rings (SSSR count). The molecule has 162 valence electrons. The lowest BCUT2D eigenvalue weighted by Crippen LogP contribution is -2.47. The van der Waals surface area contributed by atoms with E-state index in [1.807, 2.05) is 42.5 Å². The second-order valence-corrected chi connectivity index (χ2v) is 8.08. The van der Waals surface area contributed by atoms with E-state index >= 15 is 0 Å². The van der Waals surface area contributed by atoms with Crippen LogP contribution in [0.4, 0.5) is 10.1 Å². The molecule has 6 nitrogen and oxygen atoms in total. The van der Waals surface area contributed by atoms with Crippen molar-refractivity contribution in [2.45, 2.75) is 25.0 Å². The summed E-state index contributed by atoms with van der Waals surface area (Å²) in [4.78, 5) is 19.8. The number of fused-ring (bicyclic) bond motifs is 6. The third-order valence-electron chi connectivity index (χ3n) is 6.29. The van der Waals surface area contributed by atoms with Crippen LogP contribution in [0.15, 0.2) is 54.7 Å². The summed E-state index contributed by atoms with van der Waals surface area (Å²) in [5, 5.41) is 0. The van der Waals surface area contributed by atoms with Crippen molar-refractivity contribution in [2.24, 2.45) is 0 Å². The summed E-state index contributed by atoms with van der Waals surface area (Å²) in [7, 11) is 0. The van der Waals surface area contributed by atoms with Crippen LogP contribution in [0.1, 0.15) is 28.3 Å². The summed E-state index contributed by atoms with van der Waals surface area (Å²) < 4.78 is 30.7. The minimum Gasteiger partial charge on any atom is -0.486 e. The Labute approximate surface area is 184 Å². The number of amides is 1. The predicted octanol–water partition coefficient (Wildman–Crippen LogP) is 3.80. The summed E-state index contributed by atoms with van der Waals surface area (Å²) in [5.74, 6) is 1.59. The van der Waals surface area contributed by atoms with Crippen molar-refractivity contribution >= 4 is 11.6 Å². The topological polar surface area (TPSA) is 60.9 Å². The molecule has 0 fully saturated rings. The second-order valence-electron chi connectivity index (χ2n) is 8.08. The van der Waals surface area contributed by atoms with Crippen LogP contribution in [0.2, 0.25) is 0 Å². The maximum Gasteiger partial charge on any atom is 0.269 e. The Morgan fingerprint density at radius 3 is 2.66 bits per heavy atom. The number of carbonyl (C=O) groups excluding carboxylic acids is 1. The Morgan fingerprint density at radius 1 is 1.00 bits per heavy atom. The van der Waals surface area contributed by atoms with E-state index in [1.54, 1.807) is 17.2 Å². The maximum atomic E-state index is 13.7. The summed E-state index contributed by atoms with van der Waals surface area (Å²) >= 11 is 0. The molecule has 2 unspecified atom stereocenters. The highest BCUT2D eigenvalue weighted by atomic mass is 19.1. The van der Waals surface area contributed by atoms with E-state index in [9.17, 15) is 9.18 Å². The molecule has 1 aromatic heterocycles. The lowest BCUT2D eigenvalue weighted by molar-refractivity contribution is -0.125. The Balaban J connectivity index is 1.43. The number of hydrogen-bond donors (Lipinski definition) is 0. The van der Waals surface area contributed by atoms with Crippen LogP contribution in [0.25, 0.3) is 0 Å². The number of para-hydroxylation sites is 1. The first-order valence-electron chi connectivity index (χ1n) is 10.7. The van der Waals surface area contributed by atoms with E-state index in [1.165, 1.54) is 0 Å². The van der Waals surface area contributed by atoms with Gasteiger partial charge in [0, 0.05) is 29.9 Å². The van der Waals surface area contributed by atoms with Gasteiger partial charge in [0.15, 0.2) is 17.6 Å². The van der Waals surface area contributed by atoms with E-state index in [-0.39, 0.29) is 24.8 Å². The average molecular weight is 432 g/mol. The van der Waals surface area contributed by atoms with Gasteiger partial charge in [-0.25, -0.2) is 0 Å². The lowest BCUT2D eigenvalue weighted by atomic mass is 9.83. The summed E-state index contributed by atoms with van der Waals surface area (Å²) in [5.41, 5.74) is 4.26. The van der Waals surface area contributed by atoms with Crippen molar-refractivity contribution in [3.05, 3.63) is 77.1 Å². The number of hydrogen-bond acceptors (Lipinski definition) is 5. The fraction of sp³-hybridized carbons (Fsp3) is 0.280. The molecule has 7 heteroatoms. The molecule has 3 aliphatic heterocycles. The van der Waals surface area contributed by atoms with Gasteiger partial charge in [-0.3, -0.25) is 14.2 Å². The Hall–Kier alpha value is -3.61. The fourth-order valence-corrected chi connectivity index (χ4v) is 4.85. The molecule has 0 aliphatic carbocycles. The molecule has 4 heterocycles. The minimum atomic E-state index is -0.683. The van der Waals surface area contributed by atoms with Crippen molar-refractivity contribution in [3.8, 4) is 17.2 Å². The molecule has 3 aromatic rings. The van der Waals surface area contributed by atoms with Crippen molar-refractivity contribution in [1.29, 1.82) is 0 Å². The molecular formula is C25H21FN2O4. The standard InChI is InChI=1S/C25H21FN2O4/c26-8-7-15-4-3-9-27-18(15)14-28-19-6-2-1-5-16(19)23-17-12-21-22(31-11-10-30-21)13-20(17)32-24(23)25(28)29/h1-6,9,12-13,23-24H,7-8,10-11,14H2. The molecule has 0 saturated heterocycles. The number of carbonyl (C=O) groups is 1. The van der Waals surface area contributed by atoms with Crippen LogP contribution >= 0.6 is 0 Å². The van der Waals surface area contributed by atoms with Gasteiger partial charge in [-0.1, -0.05) is 24.3 Å². The van der Waals surface area contributed by atoms with E-state index in [0.717, 1.165) is 22.4 Å². The molecule has 0 radical (unpaired) electrons. The van der Waals surface area contributed by atoms with Crippen molar-refractivity contribution in [3.63, 3.8) is 0 Å². The molecular weight excluding hydrogens is 411 g/mol. The van der Waals surface area contributed by atoms with Gasteiger partial charge in [0.2, 0.25) is 0 Å². The Morgan fingerprint density at radius 2 is 1.81 bits per heavy atom. The van der Waals surface area contributed by atoms with Crippen LogP contribution in [0, 0.1) is 0 Å². The fourth-order valence-electron chi connectivity index (χ4n) is 4.85. The molecule has 2 aromatic carbocycles. The first-order valence-corrected chi connectivity index (χ1v) is 10.7. The first kappa shape index (κ1) is 19.1. The number of rotatable bonds is 4. The molecule has 0 saturated carbocycles. The number of ether oxygens (including phenoxy) is 3. The molecule has 32 heavy (non-hydrogen) atoms. The van der Waals surface area contributed by atoms with Crippen molar-refractivity contribution in [2.75, 3.05) is 24.8 Å². The van der Waals surface area contributed by atoms with Gasteiger partial charge in [-0.05, 0) is 29.3 Å². The Bertz CT molecular complexity index is 1210. The Kier molecular flexibility index (Phi) is 4.48. The van der Waals surface area contributed by atoms with Crippen LogP contribution < -0.4 is 19.1 Å². The number of nitrogens with zero attached hydrogens (tertiary/aromatic N) is 2. The molecule has 3 aliphatic rings. The monoisotopic (exact) mass is 432 g/mol. The normalized spacial score (nSPS) is 20.3. The van der Waals surface area contributed by atoms with Gasteiger partial charge >= 0.3 is 0 Å². The van der Waals surface area contributed by atoms with Gasteiger partial charge in [0.25, 0.3) is 5.91 Å². The molecule has 0 N–H and O–H groups in total. The van der Waals surface area contributed by atoms with E-state index < -0.39 is 12.8 Å². The average Bonchev–Trinajstić information content (AvgIpc) is 3.20. The summed E-state index contributed by atoms with van der Waals surface area (Å²) in [6.07, 6.45) is 1.26. The van der Waals surface area contributed by atoms with E-state index in [4.69, 9.17) is 14.2 Å². The molecule has 2 atom stereocenters. The third kappa shape index (κ3) is 2.92. The lowest BCUT2D eigenvalue weighted by Gasteiger charge is -2.35. The smallest absolute Gasteiger partial charge is 0.269 e. The van der Waals surface area contributed by atoms with E-state index in [2.05, 4.69) is 4.98 Å². The van der Waals surface area contributed by atoms with Crippen LogP contribution in [-0.4, -0.2) is 36.9 Å². The number of aryl methyl sites for hydroxylation is 1. The van der Waals surface area contributed by atoms with E-state index in [0.29, 0.717) is 36.2 Å². The minimum absolute atomic E-state index is 0.137. The van der Waals surface area contributed by atoms with Crippen LogP contribution in [-0.2, 0) is 17.8 Å².